The molecule has 1 aromatic heterocycles. The van der Waals surface area contributed by atoms with Crippen molar-refractivity contribution in [1.29, 1.82) is 0 Å². The van der Waals surface area contributed by atoms with Crippen LogP contribution in [0.5, 0.6) is 0 Å². The topological polar surface area (TPSA) is 95.5 Å². The van der Waals surface area contributed by atoms with Gasteiger partial charge in [-0.3, -0.25) is 9.59 Å². The summed E-state index contributed by atoms with van der Waals surface area (Å²) in [5.41, 5.74) is 1.69. The van der Waals surface area contributed by atoms with Crippen LogP contribution in [-0.2, 0) is 4.79 Å². The standard InChI is InChI=1S/C26H19ClN2O4S2/c27-21-13-10-18(15-20(21)26(32)33)29-25(31)23(16-5-2-1-3-6-16)35-19-11-8-17(9-12-19)28-24(30)22-7-4-14-34-22/h1-15,23H,(H,28,30)(H,29,31)(H,32,33). The van der Waals surface area contributed by atoms with Gasteiger partial charge in [-0.1, -0.05) is 48.0 Å². The third-order valence-electron chi connectivity index (χ3n) is 4.92. The Morgan fingerprint density at radius 3 is 2.23 bits per heavy atom. The van der Waals surface area contributed by atoms with Gasteiger partial charge in [0.1, 0.15) is 5.25 Å². The number of carbonyl (C=O) groups excluding carboxylic acids is 2. The van der Waals surface area contributed by atoms with Gasteiger partial charge in [-0.2, -0.15) is 0 Å². The maximum atomic E-state index is 13.3. The van der Waals surface area contributed by atoms with Crippen LogP contribution in [0.3, 0.4) is 0 Å². The lowest BCUT2D eigenvalue weighted by Gasteiger charge is -2.18. The Balaban J connectivity index is 1.51. The summed E-state index contributed by atoms with van der Waals surface area (Å²) in [6.07, 6.45) is 0. The van der Waals surface area contributed by atoms with Gasteiger partial charge < -0.3 is 15.7 Å². The van der Waals surface area contributed by atoms with Crippen LogP contribution in [-0.4, -0.2) is 22.9 Å². The number of aromatic carboxylic acids is 1. The summed E-state index contributed by atoms with van der Waals surface area (Å²) in [7, 11) is 0. The molecule has 1 heterocycles. The summed E-state index contributed by atoms with van der Waals surface area (Å²) in [5, 5.41) is 16.3. The van der Waals surface area contributed by atoms with E-state index in [0.29, 0.717) is 16.3 Å². The van der Waals surface area contributed by atoms with E-state index in [0.717, 1.165) is 10.5 Å². The quantitative estimate of drug-likeness (QED) is 0.220. The maximum Gasteiger partial charge on any atom is 0.337 e. The average Bonchev–Trinajstić information content (AvgIpc) is 3.40. The van der Waals surface area contributed by atoms with Gasteiger partial charge >= 0.3 is 5.97 Å². The fourth-order valence-corrected chi connectivity index (χ4v) is 5.07. The number of rotatable bonds is 8. The molecule has 4 rings (SSSR count). The minimum absolute atomic E-state index is 0.0893. The number of amides is 2. The molecule has 6 nitrogen and oxygen atoms in total. The predicted molar refractivity (Wildman–Crippen MR) is 141 cm³/mol. The number of anilines is 2. The summed E-state index contributed by atoms with van der Waals surface area (Å²) in [6.45, 7) is 0. The van der Waals surface area contributed by atoms with E-state index in [-0.39, 0.29) is 22.4 Å². The van der Waals surface area contributed by atoms with Gasteiger partial charge in [0.05, 0.1) is 15.5 Å². The third-order valence-corrected chi connectivity index (χ3v) is 7.38. The van der Waals surface area contributed by atoms with E-state index in [1.54, 1.807) is 24.3 Å². The number of carboxylic acid groups (broad SMARTS) is 1. The average molecular weight is 523 g/mol. The largest absolute Gasteiger partial charge is 0.478 e. The fraction of sp³-hybridized carbons (Fsp3) is 0.0385. The molecule has 0 aliphatic rings. The highest BCUT2D eigenvalue weighted by atomic mass is 35.5. The van der Waals surface area contributed by atoms with Gasteiger partial charge in [0.25, 0.3) is 5.91 Å². The molecule has 9 heteroatoms. The Morgan fingerprint density at radius 1 is 0.857 bits per heavy atom. The van der Waals surface area contributed by atoms with Gasteiger partial charge in [-0.25, -0.2) is 4.79 Å². The number of benzene rings is 3. The number of carboxylic acids is 1. The number of hydrogen-bond donors (Lipinski definition) is 3. The number of thiophene rings is 1. The first-order chi connectivity index (χ1) is 16.9. The molecule has 3 N–H and O–H groups in total. The minimum Gasteiger partial charge on any atom is -0.478 e. The molecule has 0 bridgehead atoms. The number of hydrogen-bond acceptors (Lipinski definition) is 5. The van der Waals surface area contributed by atoms with Gasteiger partial charge in [-0.05, 0) is 59.5 Å². The van der Waals surface area contributed by atoms with Crippen molar-refractivity contribution in [3.8, 4) is 0 Å². The van der Waals surface area contributed by atoms with Crippen LogP contribution in [0.4, 0.5) is 11.4 Å². The second-order valence-electron chi connectivity index (χ2n) is 7.35. The van der Waals surface area contributed by atoms with Crippen LogP contribution < -0.4 is 10.6 Å². The van der Waals surface area contributed by atoms with E-state index in [4.69, 9.17) is 11.6 Å². The van der Waals surface area contributed by atoms with Gasteiger partial charge in [0, 0.05) is 16.3 Å². The van der Waals surface area contributed by atoms with Gasteiger partial charge in [-0.15, -0.1) is 23.1 Å². The van der Waals surface area contributed by atoms with Crippen molar-refractivity contribution in [3.05, 3.63) is 111 Å². The Morgan fingerprint density at radius 2 is 1.57 bits per heavy atom. The third kappa shape index (κ3) is 6.30. The molecule has 0 spiro atoms. The smallest absolute Gasteiger partial charge is 0.337 e. The molecular weight excluding hydrogens is 504 g/mol. The molecule has 3 aromatic carbocycles. The van der Waals surface area contributed by atoms with Crippen molar-refractivity contribution < 1.29 is 19.5 Å². The number of thioether (sulfide) groups is 1. The molecule has 0 saturated carbocycles. The summed E-state index contributed by atoms with van der Waals surface area (Å²) >= 11 is 8.65. The zero-order valence-electron chi connectivity index (χ0n) is 18.1. The van der Waals surface area contributed by atoms with E-state index < -0.39 is 11.2 Å². The molecule has 0 aliphatic heterocycles. The first-order valence-corrected chi connectivity index (χ1v) is 12.5. The minimum atomic E-state index is -1.17. The molecule has 0 aliphatic carbocycles. The van der Waals surface area contributed by atoms with E-state index >= 15 is 0 Å². The highest BCUT2D eigenvalue weighted by molar-refractivity contribution is 8.00. The van der Waals surface area contributed by atoms with Crippen LogP contribution in [0.15, 0.2) is 95.2 Å². The van der Waals surface area contributed by atoms with Crippen molar-refractivity contribution in [3.63, 3.8) is 0 Å². The summed E-state index contributed by atoms with van der Waals surface area (Å²) < 4.78 is 0. The van der Waals surface area contributed by atoms with E-state index in [2.05, 4.69) is 10.6 Å². The van der Waals surface area contributed by atoms with Crippen LogP contribution in [0.25, 0.3) is 0 Å². The van der Waals surface area contributed by atoms with Crippen LogP contribution in [0, 0.1) is 0 Å². The molecular formula is C26H19ClN2O4S2. The predicted octanol–water partition coefficient (Wildman–Crippen LogP) is 6.82. The zero-order chi connectivity index (χ0) is 24.8. The molecule has 1 atom stereocenters. The molecule has 4 aromatic rings. The van der Waals surface area contributed by atoms with Crippen molar-refractivity contribution >= 4 is 63.9 Å². The van der Waals surface area contributed by atoms with Crippen LogP contribution in [0.1, 0.15) is 30.8 Å². The molecule has 0 fully saturated rings. The van der Waals surface area contributed by atoms with E-state index in [1.165, 1.54) is 35.2 Å². The fourth-order valence-electron chi connectivity index (χ4n) is 3.23. The molecule has 1 unspecified atom stereocenters. The highest BCUT2D eigenvalue weighted by Crippen LogP contribution is 2.37. The highest BCUT2D eigenvalue weighted by Gasteiger charge is 2.23. The lowest BCUT2D eigenvalue weighted by atomic mass is 10.1. The Bertz CT molecular complexity index is 1340. The summed E-state index contributed by atoms with van der Waals surface area (Å²) in [5.74, 6) is -1.66. The molecule has 2 amide bonds. The van der Waals surface area contributed by atoms with Crippen molar-refractivity contribution in [2.24, 2.45) is 0 Å². The SMILES string of the molecule is O=C(Nc1ccc(SC(C(=O)Nc2ccc(Cl)c(C(=O)O)c2)c2ccccc2)cc1)c1cccs1. The van der Waals surface area contributed by atoms with Crippen LogP contribution >= 0.6 is 34.7 Å². The van der Waals surface area contributed by atoms with Gasteiger partial charge in [0.15, 0.2) is 0 Å². The second-order valence-corrected chi connectivity index (χ2v) is 9.89. The lowest BCUT2D eigenvalue weighted by Crippen LogP contribution is -2.19. The normalized spacial score (nSPS) is 11.5. The lowest BCUT2D eigenvalue weighted by molar-refractivity contribution is -0.115. The Kier molecular flexibility index (Phi) is 7.87. The number of nitrogens with one attached hydrogen (secondary N) is 2. The first-order valence-electron chi connectivity index (χ1n) is 10.4. The molecule has 35 heavy (non-hydrogen) atoms. The zero-order valence-corrected chi connectivity index (χ0v) is 20.5. The van der Waals surface area contributed by atoms with E-state index in [9.17, 15) is 19.5 Å². The maximum absolute atomic E-state index is 13.3. The van der Waals surface area contributed by atoms with Crippen molar-refractivity contribution in [1.82, 2.24) is 0 Å². The Labute approximate surface area is 215 Å². The van der Waals surface area contributed by atoms with Crippen LogP contribution in [0.2, 0.25) is 5.02 Å². The second kappa shape index (κ2) is 11.2. The molecule has 0 radical (unpaired) electrons. The molecule has 176 valence electrons. The number of halogens is 1. The molecule has 0 saturated heterocycles. The summed E-state index contributed by atoms with van der Waals surface area (Å²) in [4.78, 5) is 38.4. The monoisotopic (exact) mass is 522 g/mol. The summed E-state index contributed by atoms with van der Waals surface area (Å²) in [6, 6.07) is 24.4. The van der Waals surface area contributed by atoms with E-state index in [1.807, 2.05) is 53.9 Å². The van der Waals surface area contributed by atoms with Crippen molar-refractivity contribution in [2.75, 3.05) is 10.6 Å². The number of carbonyl (C=O) groups is 3. The van der Waals surface area contributed by atoms with Crippen molar-refractivity contribution in [2.45, 2.75) is 10.1 Å². The Hall–Kier alpha value is -3.59. The first kappa shape index (κ1) is 24.5. The van der Waals surface area contributed by atoms with Gasteiger partial charge in [0.2, 0.25) is 5.91 Å².